The molecule has 21 heavy (non-hydrogen) atoms. The molecule has 1 saturated heterocycles. The average Bonchev–Trinajstić information content (AvgIpc) is 2.94. The number of benzene rings is 1. The fourth-order valence-corrected chi connectivity index (χ4v) is 3.09. The molecule has 0 saturated carbocycles. The van der Waals surface area contributed by atoms with Crippen molar-refractivity contribution in [3.8, 4) is 0 Å². The number of thiazole rings is 1. The highest BCUT2D eigenvalue weighted by molar-refractivity contribution is 7.16. The van der Waals surface area contributed by atoms with E-state index in [1.54, 1.807) is 12.1 Å². The molecule has 1 N–H and O–H groups in total. The van der Waals surface area contributed by atoms with Crippen molar-refractivity contribution in [1.29, 1.82) is 0 Å². The molecule has 9 heteroatoms. The van der Waals surface area contributed by atoms with Gasteiger partial charge in [-0.05, 0) is 12.1 Å². The van der Waals surface area contributed by atoms with Crippen molar-refractivity contribution in [2.24, 2.45) is 0 Å². The number of hydrogen-bond donors (Lipinski definition) is 1. The van der Waals surface area contributed by atoms with E-state index in [1.807, 2.05) is 0 Å². The highest BCUT2D eigenvalue weighted by Gasteiger charge is 2.34. The number of nitrogens with zero attached hydrogens (tertiary/aromatic N) is 3. The van der Waals surface area contributed by atoms with Crippen molar-refractivity contribution in [1.82, 2.24) is 4.98 Å². The number of ether oxygens (including phenoxy) is 1. The van der Waals surface area contributed by atoms with E-state index in [2.05, 4.69) is 4.98 Å². The van der Waals surface area contributed by atoms with E-state index < -0.39 is 16.9 Å². The first-order chi connectivity index (χ1) is 10.1. The van der Waals surface area contributed by atoms with Gasteiger partial charge in [-0.1, -0.05) is 0 Å². The van der Waals surface area contributed by atoms with Gasteiger partial charge in [-0.15, -0.1) is 11.3 Å². The van der Waals surface area contributed by atoms with Gasteiger partial charge in [0.25, 0.3) is 0 Å². The number of nitro benzene ring substituents is 1. The van der Waals surface area contributed by atoms with E-state index in [-0.39, 0.29) is 30.0 Å². The number of rotatable bonds is 3. The summed E-state index contributed by atoms with van der Waals surface area (Å²) in [6.45, 7) is 0.616. The number of carbonyl (C=O) groups is 1. The van der Waals surface area contributed by atoms with Crippen LogP contribution in [0.1, 0.15) is 0 Å². The van der Waals surface area contributed by atoms with Gasteiger partial charge in [0.1, 0.15) is 5.69 Å². The van der Waals surface area contributed by atoms with E-state index in [1.165, 1.54) is 21.7 Å². The van der Waals surface area contributed by atoms with Crippen LogP contribution in [0.5, 0.6) is 0 Å². The molecular weight excluding hydrogens is 298 g/mol. The molecule has 0 spiro atoms. The van der Waals surface area contributed by atoms with E-state index in [4.69, 9.17) is 4.74 Å². The number of carboxylic acids is 1. The zero-order chi connectivity index (χ0) is 15.0. The molecule has 0 radical (unpaired) electrons. The number of anilines is 1. The molecule has 3 rings (SSSR count). The van der Waals surface area contributed by atoms with E-state index in [9.17, 15) is 20.0 Å². The van der Waals surface area contributed by atoms with Crippen LogP contribution in [-0.2, 0) is 9.53 Å². The molecule has 1 aliphatic heterocycles. The van der Waals surface area contributed by atoms with Gasteiger partial charge in [-0.2, -0.15) is 0 Å². The predicted octanol–water partition coefficient (Wildman–Crippen LogP) is 1.49. The molecule has 2 heterocycles. The van der Waals surface area contributed by atoms with Crippen molar-refractivity contribution in [3.63, 3.8) is 0 Å². The maximum atomic E-state index is 11.4. The van der Waals surface area contributed by atoms with Gasteiger partial charge in [0, 0.05) is 6.54 Å². The maximum Gasteiger partial charge on any atom is 0.328 e. The summed E-state index contributed by atoms with van der Waals surface area (Å²) in [6, 6.07) is 2.37. The zero-order valence-electron chi connectivity index (χ0n) is 10.8. The number of aromatic nitrogens is 1. The smallest absolute Gasteiger partial charge is 0.328 e. The molecular formula is C12H11N3O5S. The summed E-state index contributed by atoms with van der Waals surface area (Å²) in [6.07, 6.45) is 0. The van der Waals surface area contributed by atoms with Gasteiger partial charge in [0.2, 0.25) is 0 Å². The Bertz CT molecular complexity index is 716. The molecule has 1 aromatic carbocycles. The lowest BCUT2D eigenvalue weighted by Crippen LogP contribution is -2.50. The van der Waals surface area contributed by atoms with Crippen LogP contribution in [0.25, 0.3) is 10.2 Å². The fraction of sp³-hybridized carbons (Fsp3) is 0.333. The summed E-state index contributed by atoms with van der Waals surface area (Å²) < 4.78 is 5.86. The third kappa shape index (κ3) is 2.30. The van der Waals surface area contributed by atoms with Crippen molar-refractivity contribution < 1.29 is 19.6 Å². The van der Waals surface area contributed by atoms with Crippen LogP contribution in [0.4, 0.5) is 11.4 Å². The second kappa shape index (κ2) is 5.26. The Morgan fingerprint density at radius 1 is 1.57 bits per heavy atom. The topological polar surface area (TPSA) is 106 Å². The summed E-state index contributed by atoms with van der Waals surface area (Å²) in [4.78, 5) is 27.8. The number of nitro groups is 1. The quantitative estimate of drug-likeness (QED) is 0.676. The lowest BCUT2D eigenvalue weighted by molar-refractivity contribution is -0.382. The molecule has 1 aromatic heterocycles. The SMILES string of the molecule is O=C(O)C1COCCN1c1ccc2scnc2c1[N+](=O)[O-]. The minimum atomic E-state index is -1.07. The van der Waals surface area contributed by atoms with E-state index >= 15 is 0 Å². The van der Waals surface area contributed by atoms with Crippen molar-refractivity contribution >= 4 is 38.9 Å². The monoisotopic (exact) mass is 309 g/mol. The summed E-state index contributed by atoms with van der Waals surface area (Å²) in [5, 5.41) is 20.7. The largest absolute Gasteiger partial charge is 0.480 e. The Hall–Kier alpha value is -2.26. The highest BCUT2D eigenvalue weighted by atomic mass is 32.1. The minimum Gasteiger partial charge on any atom is -0.480 e. The van der Waals surface area contributed by atoms with Crippen molar-refractivity contribution in [2.45, 2.75) is 6.04 Å². The second-order valence-electron chi connectivity index (χ2n) is 4.51. The molecule has 0 bridgehead atoms. The molecule has 1 unspecified atom stereocenters. The summed E-state index contributed by atoms with van der Waals surface area (Å²) >= 11 is 1.31. The van der Waals surface area contributed by atoms with Gasteiger partial charge in [0.05, 0.1) is 28.3 Å². The van der Waals surface area contributed by atoms with E-state index in [0.717, 1.165) is 0 Å². The number of carboxylic acid groups (broad SMARTS) is 1. The summed E-state index contributed by atoms with van der Waals surface area (Å²) in [5.74, 6) is -1.07. The first-order valence-corrected chi connectivity index (χ1v) is 7.05. The Labute approximate surface area is 122 Å². The zero-order valence-corrected chi connectivity index (χ0v) is 11.6. The first-order valence-electron chi connectivity index (χ1n) is 6.17. The Balaban J connectivity index is 2.16. The fourth-order valence-electron chi connectivity index (χ4n) is 2.41. The first kappa shape index (κ1) is 13.7. The van der Waals surface area contributed by atoms with Gasteiger partial charge < -0.3 is 14.7 Å². The highest BCUT2D eigenvalue weighted by Crippen LogP contribution is 2.37. The lowest BCUT2D eigenvalue weighted by atomic mass is 10.1. The number of hydrogen-bond acceptors (Lipinski definition) is 7. The van der Waals surface area contributed by atoms with Gasteiger partial charge in [-0.3, -0.25) is 10.1 Å². The van der Waals surface area contributed by atoms with Crippen LogP contribution in [0.3, 0.4) is 0 Å². The number of aliphatic carboxylic acids is 1. The summed E-state index contributed by atoms with van der Waals surface area (Å²) in [7, 11) is 0. The minimum absolute atomic E-state index is 0.00158. The molecule has 110 valence electrons. The Morgan fingerprint density at radius 2 is 2.38 bits per heavy atom. The van der Waals surface area contributed by atoms with Crippen LogP contribution < -0.4 is 4.90 Å². The second-order valence-corrected chi connectivity index (χ2v) is 5.40. The van der Waals surface area contributed by atoms with Crippen LogP contribution in [0, 0.1) is 10.1 Å². The Kier molecular flexibility index (Phi) is 3.43. The standard InChI is InChI=1S/C12H11N3O5S/c16-12(17)8-5-20-4-3-14(8)7-1-2-9-10(13-6-21-9)11(7)15(18)19/h1-2,6,8H,3-5H2,(H,16,17). The van der Waals surface area contributed by atoms with E-state index in [0.29, 0.717) is 11.3 Å². The average molecular weight is 309 g/mol. The molecule has 1 atom stereocenters. The lowest BCUT2D eigenvalue weighted by Gasteiger charge is -2.34. The molecule has 0 aliphatic carbocycles. The van der Waals surface area contributed by atoms with Crippen LogP contribution in [0.2, 0.25) is 0 Å². The molecule has 1 aliphatic rings. The predicted molar refractivity (Wildman–Crippen MR) is 75.9 cm³/mol. The third-order valence-corrected chi connectivity index (χ3v) is 4.15. The molecule has 8 nitrogen and oxygen atoms in total. The summed E-state index contributed by atoms with van der Waals surface area (Å²) in [5.41, 5.74) is 1.95. The molecule has 1 fully saturated rings. The normalized spacial score (nSPS) is 18.9. The van der Waals surface area contributed by atoms with Crippen molar-refractivity contribution in [2.75, 3.05) is 24.7 Å². The van der Waals surface area contributed by atoms with Crippen LogP contribution >= 0.6 is 11.3 Å². The van der Waals surface area contributed by atoms with Gasteiger partial charge in [-0.25, -0.2) is 9.78 Å². The third-order valence-electron chi connectivity index (χ3n) is 3.36. The van der Waals surface area contributed by atoms with Crippen LogP contribution in [0.15, 0.2) is 17.6 Å². The van der Waals surface area contributed by atoms with Gasteiger partial charge in [0.15, 0.2) is 11.6 Å². The number of fused-ring (bicyclic) bond motifs is 1. The Morgan fingerprint density at radius 3 is 3.10 bits per heavy atom. The molecule has 0 amide bonds. The van der Waals surface area contributed by atoms with Gasteiger partial charge >= 0.3 is 11.7 Å². The molecule has 2 aromatic rings. The van der Waals surface area contributed by atoms with Crippen molar-refractivity contribution in [3.05, 3.63) is 27.8 Å². The number of morpholine rings is 1. The van der Waals surface area contributed by atoms with Crippen LogP contribution in [-0.4, -0.2) is 46.8 Å². The maximum absolute atomic E-state index is 11.4.